The first kappa shape index (κ1) is 12.8. The van der Waals surface area contributed by atoms with Crippen molar-refractivity contribution < 1.29 is 14.3 Å². The number of ether oxygens (including phenoxy) is 2. The number of hydrogen-bond acceptors (Lipinski definition) is 4. The lowest BCUT2D eigenvalue weighted by Gasteiger charge is -2.13. The summed E-state index contributed by atoms with van der Waals surface area (Å²) in [7, 11) is 1.59. The Bertz CT molecular complexity index is 409. The molecule has 1 rings (SSSR count). The van der Waals surface area contributed by atoms with Crippen LogP contribution in [-0.4, -0.2) is 19.3 Å². The Morgan fingerprint density at radius 1 is 1.47 bits per heavy atom. The van der Waals surface area contributed by atoms with Crippen LogP contribution in [0.4, 0.5) is 4.79 Å². The van der Waals surface area contributed by atoms with Crippen molar-refractivity contribution in [2.75, 3.05) is 7.11 Å². The smallest absolute Gasteiger partial charge is 0.404 e. The van der Waals surface area contributed by atoms with E-state index in [1.165, 1.54) is 0 Å². The molecule has 0 heterocycles. The number of rotatable bonds is 5. The van der Waals surface area contributed by atoms with Crippen molar-refractivity contribution in [1.82, 2.24) is 0 Å². The lowest BCUT2D eigenvalue weighted by atomic mass is 10.1. The van der Waals surface area contributed by atoms with E-state index in [1.807, 2.05) is 30.3 Å². The summed E-state index contributed by atoms with van der Waals surface area (Å²) in [5.74, 6) is 0.751. The zero-order valence-corrected chi connectivity index (χ0v) is 9.55. The summed E-state index contributed by atoms with van der Waals surface area (Å²) in [6.07, 6.45) is -0.792. The van der Waals surface area contributed by atoms with Gasteiger partial charge in [0.05, 0.1) is 19.6 Å². The molecule has 1 aromatic carbocycles. The van der Waals surface area contributed by atoms with E-state index >= 15 is 0 Å². The molecule has 0 saturated carbocycles. The van der Waals surface area contributed by atoms with Gasteiger partial charge in [-0.1, -0.05) is 12.1 Å². The molecule has 5 heteroatoms. The van der Waals surface area contributed by atoms with Gasteiger partial charge in [-0.3, -0.25) is 0 Å². The normalized spacial score (nSPS) is 11.3. The van der Waals surface area contributed by atoms with E-state index in [0.717, 1.165) is 11.3 Å². The molecular weight excluding hydrogens is 220 g/mol. The van der Waals surface area contributed by atoms with E-state index in [-0.39, 0.29) is 6.42 Å². The van der Waals surface area contributed by atoms with Crippen molar-refractivity contribution in [1.29, 1.82) is 5.26 Å². The number of benzene rings is 1. The lowest BCUT2D eigenvalue weighted by Crippen LogP contribution is -2.24. The zero-order chi connectivity index (χ0) is 12.7. The molecule has 2 N–H and O–H groups in total. The van der Waals surface area contributed by atoms with Gasteiger partial charge >= 0.3 is 6.09 Å². The van der Waals surface area contributed by atoms with Gasteiger partial charge in [0.25, 0.3) is 0 Å². The van der Waals surface area contributed by atoms with Gasteiger partial charge in [0.1, 0.15) is 11.9 Å². The zero-order valence-electron chi connectivity index (χ0n) is 9.55. The van der Waals surface area contributed by atoms with Crippen molar-refractivity contribution in [2.45, 2.75) is 18.9 Å². The number of carbonyl (C=O) groups is 1. The third-order valence-electron chi connectivity index (χ3n) is 2.22. The summed E-state index contributed by atoms with van der Waals surface area (Å²) in [5.41, 5.74) is 5.88. The second kappa shape index (κ2) is 6.38. The Morgan fingerprint density at radius 2 is 2.12 bits per heavy atom. The highest BCUT2D eigenvalue weighted by molar-refractivity contribution is 5.64. The van der Waals surface area contributed by atoms with Crippen LogP contribution >= 0.6 is 0 Å². The molecule has 1 atom stereocenters. The van der Waals surface area contributed by atoms with Crippen LogP contribution in [0.3, 0.4) is 0 Å². The topological polar surface area (TPSA) is 85.3 Å². The molecule has 0 radical (unpaired) electrons. The number of nitrogens with zero attached hydrogens (tertiary/aromatic N) is 1. The Labute approximate surface area is 99.7 Å². The van der Waals surface area contributed by atoms with E-state index in [9.17, 15) is 4.79 Å². The molecule has 90 valence electrons. The predicted octanol–water partition coefficient (Wildman–Crippen LogP) is 1.62. The third kappa shape index (κ3) is 4.43. The van der Waals surface area contributed by atoms with Gasteiger partial charge in [-0.15, -0.1) is 0 Å². The Balaban J connectivity index is 2.65. The number of carbonyl (C=O) groups excluding carboxylic acids is 1. The van der Waals surface area contributed by atoms with E-state index in [0.29, 0.717) is 6.42 Å². The molecule has 1 unspecified atom stereocenters. The van der Waals surface area contributed by atoms with Crippen LogP contribution in [-0.2, 0) is 11.2 Å². The van der Waals surface area contributed by atoms with Crippen molar-refractivity contribution in [3.63, 3.8) is 0 Å². The van der Waals surface area contributed by atoms with Gasteiger partial charge in [0, 0.05) is 6.42 Å². The lowest BCUT2D eigenvalue weighted by molar-refractivity contribution is 0.109. The summed E-state index contributed by atoms with van der Waals surface area (Å²) < 4.78 is 9.86. The SMILES string of the molecule is COc1ccc(CC(CC#N)OC(N)=O)cc1. The number of methoxy groups -OCH3 is 1. The second-order valence-corrected chi connectivity index (χ2v) is 3.47. The molecule has 0 saturated heterocycles. The Hall–Kier alpha value is -2.22. The first-order valence-corrected chi connectivity index (χ1v) is 5.11. The maximum atomic E-state index is 10.6. The largest absolute Gasteiger partial charge is 0.497 e. The maximum absolute atomic E-state index is 10.6. The summed E-state index contributed by atoms with van der Waals surface area (Å²) >= 11 is 0. The maximum Gasteiger partial charge on any atom is 0.404 e. The second-order valence-electron chi connectivity index (χ2n) is 3.47. The molecule has 5 nitrogen and oxygen atoms in total. The summed E-state index contributed by atoms with van der Waals surface area (Å²) in [4.78, 5) is 10.6. The van der Waals surface area contributed by atoms with Crippen molar-refractivity contribution in [3.8, 4) is 11.8 Å². The van der Waals surface area contributed by atoms with Gasteiger partial charge < -0.3 is 15.2 Å². The number of hydrogen-bond donors (Lipinski definition) is 1. The van der Waals surface area contributed by atoms with Crippen LogP contribution in [0.1, 0.15) is 12.0 Å². The predicted molar refractivity (Wildman–Crippen MR) is 61.4 cm³/mol. The van der Waals surface area contributed by atoms with Crippen LogP contribution in [0.2, 0.25) is 0 Å². The first-order chi connectivity index (χ1) is 8.15. The molecule has 1 amide bonds. The summed E-state index contributed by atoms with van der Waals surface area (Å²) in [6.45, 7) is 0. The monoisotopic (exact) mass is 234 g/mol. The van der Waals surface area contributed by atoms with Gasteiger partial charge in [-0.2, -0.15) is 5.26 Å². The van der Waals surface area contributed by atoms with E-state index in [1.54, 1.807) is 7.11 Å². The van der Waals surface area contributed by atoms with Crippen molar-refractivity contribution in [3.05, 3.63) is 29.8 Å². The number of amides is 1. The Morgan fingerprint density at radius 3 is 2.59 bits per heavy atom. The van der Waals surface area contributed by atoms with Crippen molar-refractivity contribution >= 4 is 6.09 Å². The summed E-state index contributed by atoms with van der Waals surface area (Å²) in [6, 6.07) is 9.29. The van der Waals surface area contributed by atoms with Gasteiger partial charge in [-0.05, 0) is 17.7 Å². The van der Waals surface area contributed by atoms with Gasteiger partial charge in [0.15, 0.2) is 0 Å². The Kier molecular flexibility index (Phi) is 4.82. The van der Waals surface area contributed by atoms with Crippen LogP contribution in [0.25, 0.3) is 0 Å². The number of nitrogens with two attached hydrogens (primary N) is 1. The highest BCUT2D eigenvalue weighted by Crippen LogP contribution is 2.14. The molecule has 0 aliphatic heterocycles. The average molecular weight is 234 g/mol. The molecule has 0 aliphatic rings. The molecule has 0 fully saturated rings. The molecule has 0 spiro atoms. The first-order valence-electron chi connectivity index (χ1n) is 5.11. The van der Waals surface area contributed by atoms with E-state index < -0.39 is 12.2 Å². The molecular formula is C12H14N2O3. The minimum atomic E-state index is -0.862. The van der Waals surface area contributed by atoms with E-state index in [4.69, 9.17) is 20.5 Å². The van der Waals surface area contributed by atoms with Gasteiger partial charge in [0.2, 0.25) is 0 Å². The molecule has 17 heavy (non-hydrogen) atoms. The molecule has 0 bridgehead atoms. The highest BCUT2D eigenvalue weighted by Gasteiger charge is 2.13. The molecule has 1 aromatic rings. The quantitative estimate of drug-likeness (QED) is 0.838. The molecule has 0 aliphatic carbocycles. The van der Waals surface area contributed by atoms with E-state index in [2.05, 4.69) is 0 Å². The fourth-order valence-electron chi connectivity index (χ4n) is 1.45. The highest BCUT2D eigenvalue weighted by atomic mass is 16.6. The summed E-state index contributed by atoms with van der Waals surface area (Å²) in [5, 5.41) is 8.61. The fourth-order valence-corrected chi connectivity index (χ4v) is 1.45. The van der Waals surface area contributed by atoms with Crippen LogP contribution in [0.5, 0.6) is 5.75 Å². The number of primary amides is 1. The molecule has 0 aromatic heterocycles. The van der Waals surface area contributed by atoms with Crippen LogP contribution in [0, 0.1) is 11.3 Å². The van der Waals surface area contributed by atoms with Crippen LogP contribution in [0.15, 0.2) is 24.3 Å². The minimum Gasteiger partial charge on any atom is -0.497 e. The average Bonchev–Trinajstić information content (AvgIpc) is 2.29. The third-order valence-corrected chi connectivity index (χ3v) is 2.22. The minimum absolute atomic E-state index is 0.120. The van der Waals surface area contributed by atoms with Gasteiger partial charge in [-0.25, -0.2) is 4.79 Å². The number of nitriles is 1. The van der Waals surface area contributed by atoms with Crippen LogP contribution < -0.4 is 10.5 Å². The standard InChI is InChI=1S/C12H14N2O3/c1-16-10-4-2-9(3-5-10)8-11(6-7-13)17-12(14)15/h2-5,11H,6,8H2,1H3,(H2,14,15). The van der Waals surface area contributed by atoms with Crippen molar-refractivity contribution in [2.24, 2.45) is 5.73 Å². The fraction of sp³-hybridized carbons (Fsp3) is 0.333.